The summed E-state index contributed by atoms with van der Waals surface area (Å²) < 4.78 is 10.8. The molecular formula is C13H11BrO5. The maximum atomic E-state index is 10.7. The molecule has 1 aromatic carbocycles. The lowest BCUT2D eigenvalue weighted by atomic mass is 10.1. The number of furan rings is 1. The van der Waals surface area contributed by atoms with Crippen LogP contribution in [0.25, 0.3) is 0 Å². The molecule has 2 N–H and O–H groups in total. The van der Waals surface area contributed by atoms with E-state index >= 15 is 0 Å². The molecule has 2 rings (SSSR count). The fraction of sp³-hybridized carbons (Fsp3) is 0.154. The van der Waals surface area contributed by atoms with E-state index in [1.54, 1.807) is 25.3 Å². The largest absolute Gasteiger partial charge is 0.496 e. The molecule has 5 nitrogen and oxygen atoms in total. The van der Waals surface area contributed by atoms with E-state index in [2.05, 4.69) is 15.9 Å². The van der Waals surface area contributed by atoms with Crippen LogP contribution in [0.2, 0.25) is 0 Å². The third-order valence-electron chi connectivity index (χ3n) is 2.60. The number of carboxylic acids is 1. The predicted octanol–water partition coefficient (Wildman–Crippen LogP) is 2.83. The van der Waals surface area contributed by atoms with Crippen LogP contribution in [-0.2, 0) is 0 Å². The summed E-state index contributed by atoms with van der Waals surface area (Å²) in [7, 11) is 1.54. The fourth-order valence-corrected chi connectivity index (χ4v) is 2.19. The SMILES string of the molecule is COc1ccc(C(O)c2ccc(C(=O)O)o2)cc1Br. The Morgan fingerprint density at radius 3 is 2.63 bits per heavy atom. The highest BCUT2D eigenvalue weighted by molar-refractivity contribution is 9.10. The number of rotatable bonds is 4. The van der Waals surface area contributed by atoms with Crippen LogP contribution in [0.3, 0.4) is 0 Å². The van der Waals surface area contributed by atoms with Crippen LogP contribution >= 0.6 is 15.9 Å². The minimum atomic E-state index is -1.17. The minimum absolute atomic E-state index is 0.175. The molecule has 1 unspecified atom stereocenters. The number of carboxylic acid groups (broad SMARTS) is 1. The molecule has 1 heterocycles. The minimum Gasteiger partial charge on any atom is -0.496 e. The first-order valence-corrected chi connectivity index (χ1v) is 6.16. The van der Waals surface area contributed by atoms with E-state index < -0.39 is 12.1 Å². The molecular weight excluding hydrogens is 316 g/mol. The van der Waals surface area contributed by atoms with E-state index in [-0.39, 0.29) is 11.5 Å². The van der Waals surface area contributed by atoms with Gasteiger partial charge in [-0.15, -0.1) is 0 Å². The number of carbonyl (C=O) groups is 1. The van der Waals surface area contributed by atoms with E-state index in [0.717, 1.165) is 0 Å². The second-order valence-corrected chi connectivity index (χ2v) is 4.66. The van der Waals surface area contributed by atoms with Crippen molar-refractivity contribution in [2.75, 3.05) is 7.11 Å². The van der Waals surface area contributed by atoms with Crippen molar-refractivity contribution >= 4 is 21.9 Å². The van der Waals surface area contributed by atoms with Gasteiger partial charge in [-0.2, -0.15) is 0 Å². The zero-order chi connectivity index (χ0) is 14.0. The lowest BCUT2D eigenvalue weighted by Gasteiger charge is -2.10. The smallest absolute Gasteiger partial charge is 0.371 e. The normalized spacial score (nSPS) is 12.2. The summed E-state index contributed by atoms with van der Waals surface area (Å²) in [4.78, 5) is 10.7. The van der Waals surface area contributed by atoms with Gasteiger partial charge >= 0.3 is 5.97 Å². The standard InChI is InChI=1S/C13H11BrO5/c1-18-9-3-2-7(6-8(9)14)12(15)10-4-5-11(19-10)13(16)17/h2-6,12,15H,1H3,(H,16,17). The summed E-state index contributed by atoms with van der Waals surface area (Å²) in [5.74, 6) is -0.563. The van der Waals surface area contributed by atoms with Crippen molar-refractivity contribution in [1.29, 1.82) is 0 Å². The monoisotopic (exact) mass is 326 g/mol. The summed E-state index contributed by atoms with van der Waals surface area (Å²) in [5.41, 5.74) is 0.568. The van der Waals surface area contributed by atoms with Gasteiger partial charge in [-0.05, 0) is 45.8 Å². The highest BCUT2D eigenvalue weighted by Gasteiger charge is 2.18. The average molecular weight is 327 g/mol. The van der Waals surface area contributed by atoms with Gasteiger partial charge in [-0.3, -0.25) is 0 Å². The number of ether oxygens (including phenoxy) is 1. The Labute approximate surface area is 117 Å². The van der Waals surface area contributed by atoms with Gasteiger partial charge in [0.15, 0.2) is 0 Å². The van der Waals surface area contributed by atoms with Gasteiger partial charge in [0.25, 0.3) is 0 Å². The molecule has 100 valence electrons. The number of hydrogen-bond acceptors (Lipinski definition) is 4. The first-order valence-electron chi connectivity index (χ1n) is 5.37. The summed E-state index contributed by atoms with van der Waals surface area (Å²) in [6.45, 7) is 0. The van der Waals surface area contributed by atoms with E-state index in [0.29, 0.717) is 15.8 Å². The van der Waals surface area contributed by atoms with Crippen LogP contribution in [0.4, 0.5) is 0 Å². The topological polar surface area (TPSA) is 79.9 Å². The Hall–Kier alpha value is -1.79. The van der Waals surface area contributed by atoms with Gasteiger partial charge in [-0.25, -0.2) is 4.79 Å². The molecule has 0 radical (unpaired) electrons. The van der Waals surface area contributed by atoms with Crippen molar-refractivity contribution in [3.63, 3.8) is 0 Å². The molecule has 0 saturated carbocycles. The molecule has 0 fully saturated rings. The van der Waals surface area contributed by atoms with Gasteiger partial charge in [0.1, 0.15) is 17.6 Å². The molecule has 1 atom stereocenters. The highest BCUT2D eigenvalue weighted by atomic mass is 79.9. The molecule has 1 aromatic heterocycles. The van der Waals surface area contributed by atoms with E-state index in [1.807, 2.05) is 0 Å². The van der Waals surface area contributed by atoms with Crippen molar-refractivity contribution < 1.29 is 24.2 Å². The summed E-state index contributed by atoms with van der Waals surface area (Å²) >= 11 is 3.32. The second-order valence-electron chi connectivity index (χ2n) is 3.80. The van der Waals surface area contributed by atoms with Gasteiger partial charge in [0.05, 0.1) is 11.6 Å². The van der Waals surface area contributed by atoms with Crippen LogP contribution in [0, 0.1) is 0 Å². The Bertz CT molecular complexity index is 605. The highest BCUT2D eigenvalue weighted by Crippen LogP contribution is 2.31. The molecule has 19 heavy (non-hydrogen) atoms. The number of aliphatic hydroxyl groups is 1. The van der Waals surface area contributed by atoms with Gasteiger partial charge < -0.3 is 19.4 Å². The summed E-state index contributed by atoms with van der Waals surface area (Å²) in [5, 5.41) is 18.9. The lowest BCUT2D eigenvalue weighted by Crippen LogP contribution is -1.99. The van der Waals surface area contributed by atoms with E-state index in [4.69, 9.17) is 14.3 Å². The van der Waals surface area contributed by atoms with Crippen molar-refractivity contribution in [2.24, 2.45) is 0 Å². The number of aliphatic hydroxyl groups excluding tert-OH is 1. The number of halogens is 1. The Morgan fingerprint density at radius 1 is 1.37 bits per heavy atom. The molecule has 0 amide bonds. The molecule has 0 saturated heterocycles. The molecule has 0 spiro atoms. The number of benzene rings is 1. The Kier molecular flexibility index (Phi) is 3.92. The third-order valence-corrected chi connectivity index (χ3v) is 3.22. The van der Waals surface area contributed by atoms with Crippen molar-refractivity contribution in [2.45, 2.75) is 6.10 Å². The Balaban J connectivity index is 2.30. The molecule has 0 aliphatic carbocycles. The summed E-state index contributed by atoms with van der Waals surface area (Å²) in [6.07, 6.45) is -1.03. The van der Waals surface area contributed by atoms with Gasteiger partial charge in [-0.1, -0.05) is 6.07 Å². The zero-order valence-electron chi connectivity index (χ0n) is 9.96. The number of hydrogen-bond donors (Lipinski definition) is 2. The van der Waals surface area contributed by atoms with Gasteiger partial charge in [0, 0.05) is 0 Å². The lowest BCUT2D eigenvalue weighted by molar-refractivity contribution is 0.0655. The van der Waals surface area contributed by atoms with Crippen LogP contribution in [0.15, 0.2) is 39.2 Å². The molecule has 0 aliphatic rings. The van der Waals surface area contributed by atoms with Gasteiger partial charge in [0.2, 0.25) is 5.76 Å². The predicted molar refractivity (Wildman–Crippen MR) is 70.4 cm³/mol. The zero-order valence-corrected chi connectivity index (χ0v) is 11.5. The van der Waals surface area contributed by atoms with E-state index in [1.165, 1.54) is 12.1 Å². The van der Waals surface area contributed by atoms with Crippen LogP contribution in [0.5, 0.6) is 5.75 Å². The summed E-state index contributed by atoms with van der Waals surface area (Å²) in [6, 6.07) is 7.80. The maximum absolute atomic E-state index is 10.7. The van der Waals surface area contributed by atoms with Crippen LogP contribution < -0.4 is 4.74 Å². The Morgan fingerprint density at radius 2 is 2.11 bits per heavy atom. The molecule has 6 heteroatoms. The van der Waals surface area contributed by atoms with Crippen molar-refractivity contribution in [3.05, 3.63) is 51.9 Å². The van der Waals surface area contributed by atoms with E-state index in [9.17, 15) is 9.90 Å². The average Bonchev–Trinajstić information content (AvgIpc) is 2.87. The first-order chi connectivity index (χ1) is 9.02. The quantitative estimate of drug-likeness (QED) is 0.903. The third kappa shape index (κ3) is 2.80. The maximum Gasteiger partial charge on any atom is 0.371 e. The molecule has 0 bridgehead atoms. The van der Waals surface area contributed by atoms with Crippen LogP contribution in [0.1, 0.15) is 28.0 Å². The molecule has 0 aliphatic heterocycles. The number of methoxy groups -OCH3 is 1. The second kappa shape index (κ2) is 5.46. The number of aromatic carboxylic acids is 1. The van der Waals surface area contributed by atoms with Crippen molar-refractivity contribution in [3.8, 4) is 5.75 Å². The first kappa shape index (κ1) is 13.6. The fourth-order valence-electron chi connectivity index (χ4n) is 1.63. The molecule has 2 aromatic rings. The van der Waals surface area contributed by atoms with Crippen molar-refractivity contribution in [1.82, 2.24) is 0 Å². The van der Waals surface area contributed by atoms with Crippen LogP contribution in [-0.4, -0.2) is 23.3 Å².